The van der Waals surface area contributed by atoms with Gasteiger partial charge in [0.1, 0.15) is 0 Å². The lowest BCUT2D eigenvalue weighted by atomic mass is 9.98. The summed E-state index contributed by atoms with van der Waals surface area (Å²) in [6, 6.07) is 23.9. The molecule has 0 atom stereocenters. The molecule has 1 fully saturated rings. The van der Waals surface area contributed by atoms with Gasteiger partial charge in [0.25, 0.3) is 11.8 Å². The summed E-state index contributed by atoms with van der Waals surface area (Å²) in [6.07, 6.45) is 3.89. The maximum atomic E-state index is 13.3. The first kappa shape index (κ1) is 25.7. The van der Waals surface area contributed by atoms with E-state index in [4.69, 9.17) is 0 Å². The Balaban J connectivity index is 1.47. The van der Waals surface area contributed by atoms with E-state index in [0.29, 0.717) is 29.9 Å². The van der Waals surface area contributed by atoms with E-state index in [0.717, 1.165) is 29.1 Å². The van der Waals surface area contributed by atoms with Crippen molar-refractivity contribution in [2.75, 3.05) is 36.8 Å². The number of piperidine rings is 1. The zero-order valence-corrected chi connectivity index (χ0v) is 22.3. The molecule has 0 spiro atoms. The molecular formula is C32H36N4O2. The van der Waals surface area contributed by atoms with Crippen molar-refractivity contribution in [1.29, 1.82) is 0 Å². The van der Waals surface area contributed by atoms with Crippen LogP contribution in [0.5, 0.6) is 0 Å². The van der Waals surface area contributed by atoms with Crippen molar-refractivity contribution in [3.05, 3.63) is 95.1 Å². The number of benzene rings is 3. The second-order valence-corrected chi connectivity index (χ2v) is 9.97. The van der Waals surface area contributed by atoms with Crippen molar-refractivity contribution in [3.63, 3.8) is 0 Å². The number of carbonyl (C=O) groups excluding carboxylic acids is 2. The van der Waals surface area contributed by atoms with Gasteiger partial charge in [0, 0.05) is 42.1 Å². The van der Waals surface area contributed by atoms with Gasteiger partial charge in [0.2, 0.25) is 0 Å². The van der Waals surface area contributed by atoms with Crippen LogP contribution in [0.15, 0.2) is 72.8 Å². The van der Waals surface area contributed by atoms with Crippen molar-refractivity contribution in [2.45, 2.75) is 39.7 Å². The molecule has 1 saturated heterocycles. The minimum Gasteiger partial charge on any atom is -0.354 e. The largest absolute Gasteiger partial charge is 0.354 e. The number of fused-ring (bicyclic) bond motifs is 1. The smallest absolute Gasteiger partial charge is 0.258 e. The minimum absolute atomic E-state index is 0.0319. The van der Waals surface area contributed by atoms with Gasteiger partial charge >= 0.3 is 0 Å². The van der Waals surface area contributed by atoms with E-state index in [9.17, 15) is 9.59 Å². The normalized spacial score (nSPS) is 16.5. The zero-order valence-electron chi connectivity index (χ0n) is 22.3. The van der Waals surface area contributed by atoms with Gasteiger partial charge < -0.3 is 15.5 Å². The van der Waals surface area contributed by atoms with Crippen LogP contribution >= 0.6 is 0 Å². The number of nitrogens with zero attached hydrogens (tertiary/aromatic N) is 2. The van der Waals surface area contributed by atoms with Crippen molar-refractivity contribution < 1.29 is 9.59 Å². The minimum atomic E-state index is -0.180. The number of hydrogen-bond donors (Lipinski definition) is 2. The van der Waals surface area contributed by atoms with E-state index in [2.05, 4.69) is 39.8 Å². The Hall–Kier alpha value is -3.90. The van der Waals surface area contributed by atoms with E-state index in [1.165, 1.54) is 37.9 Å². The fourth-order valence-electron chi connectivity index (χ4n) is 5.34. The number of nitrogens with one attached hydrogen (secondary N) is 2. The molecule has 0 unspecified atom stereocenters. The monoisotopic (exact) mass is 508 g/mol. The Morgan fingerprint density at radius 1 is 0.895 bits per heavy atom. The van der Waals surface area contributed by atoms with Crippen LogP contribution in [0.2, 0.25) is 0 Å². The zero-order chi connectivity index (χ0) is 26.5. The third-order valence-corrected chi connectivity index (χ3v) is 7.45. The number of amides is 2. The molecule has 6 nitrogen and oxygen atoms in total. The summed E-state index contributed by atoms with van der Waals surface area (Å²) in [4.78, 5) is 30.5. The summed E-state index contributed by atoms with van der Waals surface area (Å²) in [5, 5.41) is 6.54. The predicted octanol–water partition coefficient (Wildman–Crippen LogP) is 6.09. The number of hydrogen-bond acceptors (Lipinski definition) is 4. The molecule has 2 amide bonds. The highest BCUT2D eigenvalue weighted by atomic mass is 16.2. The second-order valence-electron chi connectivity index (χ2n) is 9.97. The van der Waals surface area contributed by atoms with Gasteiger partial charge in [-0.15, -0.1) is 0 Å². The molecule has 0 radical (unpaired) electrons. The highest BCUT2D eigenvalue weighted by Gasteiger charge is 2.29. The van der Waals surface area contributed by atoms with Crippen molar-refractivity contribution in [3.8, 4) is 0 Å². The molecule has 2 N–H and O–H groups in total. The van der Waals surface area contributed by atoms with Crippen LogP contribution < -0.4 is 10.6 Å². The van der Waals surface area contributed by atoms with Crippen molar-refractivity contribution in [2.24, 2.45) is 0 Å². The van der Waals surface area contributed by atoms with E-state index in [-0.39, 0.29) is 11.8 Å². The Bertz CT molecular complexity index is 1320. The van der Waals surface area contributed by atoms with E-state index >= 15 is 0 Å². The van der Waals surface area contributed by atoms with Crippen LogP contribution in [0, 0.1) is 0 Å². The highest BCUT2D eigenvalue weighted by molar-refractivity contribution is 6.37. The van der Waals surface area contributed by atoms with E-state index in [1.807, 2.05) is 56.3 Å². The lowest BCUT2D eigenvalue weighted by Gasteiger charge is -2.26. The SMILES string of the molecule is CCN(CC)C(=O)c1ccc2c(c1)NC(=O)/C2=C(\Nc1ccc(CN2CCCCC2)cc1)c1ccccc1. The molecular weight excluding hydrogens is 472 g/mol. The first-order valence-corrected chi connectivity index (χ1v) is 13.7. The topological polar surface area (TPSA) is 64.7 Å². The van der Waals surface area contributed by atoms with Gasteiger partial charge in [0.15, 0.2) is 0 Å². The highest BCUT2D eigenvalue weighted by Crippen LogP contribution is 2.38. The third kappa shape index (κ3) is 5.50. The maximum Gasteiger partial charge on any atom is 0.258 e. The second kappa shape index (κ2) is 11.7. The summed E-state index contributed by atoms with van der Waals surface area (Å²) in [5.74, 6) is -0.212. The van der Waals surface area contributed by atoms with Crippen LogP contribution in [0.1, 0.15) is 60.2 Å². The Morgan fingerprint density at radius 2 is 1.61 bits per heavy atom. The maximum absolute atomic E-state index is 13.3. The summed E-state index contributed by atoms with van der Waals surface area (Å²) in [6.45, 7) is 8.52. The average molecular weight is 509 g/mol. The third-order valence-electron chi connectivity index (χ3n) is 7.45. The van der Waals surface area contributed by atoms with Gasteiger partial charge in [-0.05, 0) is 75.2 Å². The first-order valence-electron chi connectivity index (χ1n) is 13.7. The molecule has 38 heavy (non-hydrogen) atoms. The van der Waals surface area contributed by atoms with E-state index in [1.54, 1.807) is 11.0 Å². The van der Waals surface area contributed by atoms with Gasteiger partial charge in [-0.3, -0.25) is 14.5 Å². The molecule has 196 valence electrons. The Labute approximate surface area is 225 Å². The molecule has 0 bridgehead atoms. The molecule has 2 aliphatic rings. The summed E-state index contributed by atoms with van der Waals surface area (Å²) >= 11 is 0. The molecule has 3 aromatic carbocycles. The molecule has 0 aromatic heterocycles. The van der Waals surface area contributed by atoms with Crippen LogP contribution in [0.25, 0.3) is 11.3 Å². The van der Waals surface area contributed by atoms with Crippen LogP contribution in [-0.4, -0.2) is 47.8 Å². The van der Waals surface area contributed by atoms with Crippen molar-refractivity contribution in [1.82, 2.24) is 9.80 Å². The van der Waals surface area contributed by atoms with Gasteiger partial charge in [-0.2, -0.15) is 0 Å². The molecule has 2 heterocycles. The van der Waals surface area contributed by atoms with Gasteiger partial charge in [-0.1, -0.05) is 55.0 Å². The number of rotatable bonds is 8. The lowest BCUT2D eigenvalue weighted by Crippen LogP contribution is -2.30. The molecule has 3 aromatic rings. The van der Waals surface area contributed by atoms with Crippen LogP contribution in [0.4, 0.5) is 11.4 Å². The summed E-state index contributed by atoms with van der Waals surface area (Å²) in [7, 11) is 0. The Kier molecular flexibility index (Phi) is 7.89. The summed E-state index contributed by atoms with van der Waals surface area (Å²) < 4.78 is 0. The molecule has 0 saturated carbocycles. The van der Waals surface area contributed by atoms with Crippen LogP contribution in [0.3, 0.4) is 0 Å². The average Bonchev–Trinajstić information content (AvgIpc) is 3.29. The van der Waals surface area contributed by atoms with Gasteiger partial charge in [-0.25, -0.2) is 0 Å². The number of carbonyl (C=O) groups is 2. The first-order chi connectivity index (χ1) is 18.6. The summed E-state index contributed by atoms with van der Waals surface area (Å²) in [5.41, 5.74) is 6.49. The Morgan fingerprint density at radius 3 is 2.29 bits per heavy atom. The quantitative estimate of drug-likeness (QED) is 0.362. The molecule has 6 heteroatoms. The number of likely N-dealkylation sites (tertiary alicyclic amines) is 1. The van der Waals surface area contributed by atoms with Crippen molar-refractivity contribution >= 4 is 34.5 Å². The standard InChI is InChI=1S/C32H36N4O2/c1-3-36(4-2)32(38)25-15-18-27-28(21-25)34-31(37)29(27)30(24-11-7-5-8-12-24)33-26-16-13-23(14-17-26)22-35-19-9-6-10-20-35/h5,7-8,11-18,21,33H,3-4,6,9-10,19-20,22H2,1-2H3,(H,34,37)/b30-29-. The van der Waals surface area contributed by atoms with Crippen LogP contribution in [-0.2, 0) is 11.3 Å². The lowest BCUT2D eigenvalue weighted by molar-refractivity contribution is -0.110. The van der Waals surface area contributed by atoms with E-state index < -0.39 is 0 Å². The fourth-order valence-corrected chi connectivity index (χ4v) is 5.34. The number of anilines is 2. The molecule has 5 rings (SSSR count). The molecule has 0 aliphatic carbocycles. The van der Waals surface area contributed by atoms with Gasteiger partial charge in [0.05, 0.1) is 11.3 Å². The predicted molar refractivity (Wildman–Crippen MR) is 155 cm³/mol. The molecule has 2 aliphatic heterocycles. The fraction of sp³-hybridized carbons (Fsp3) is 0.312.